The van der Waals surface area contributed by atoms with Crippen molar-refractivity contribution in [3.05, 3.63) is 128 Å². The van der Waals surface area contributed by atoms with Crippen LogP contribution in [0.2, 0.25) is 0 Å². The number of amides is 4. The highest BCUT2D eigenvalue weighted by atomic mass is 79.9. The number of rotatable bonds is 7. The number of halogens is 3. The van der Waals surface area contributed by atoms with E-state index in [2.05, 4.69) is 57.8 Å². The van der Waals surface area contributed by atoms with E-state index in [-0.39, 0.29) is 81.2 Å². The Hall–Kier alpha value is -4.30. The molecule has 0 aromatic heterocycles. The fourth-order valence-corrected chi connectivity index (χ4v) is 8.82. The first kappa shape index (κ1) is 50.1. The molecule has 14 nitrogen and oxygen atoms in total. The summed E-state index contributed by atoms with van der Waals surface area (Å²) in [6, 6.07) is 28.2. The number of methoxy groups -OCH3 is 2. The Balaban J connectivity index is 0.000000264. The summed E-state index contributed by atoms with van der Waals surface area (Å²) >= 11 is 10.0. The quantitative estimate of drug-likeness (QED) is 0.142. The van der Waals surface area contributed by atoms with E-state index in [0.29, 0.717) is 22.5 Å². The maximum Gasteiger partial charge on any atom is 0.337 e. The number of hydrogen-bond acceptors (Lipinski definition) is 10. The van der Waals surface area contributed by atoms with Crippen molar-refractivity contribution in [1.82, 2.24) is 9.80 Å². The van der Waals surface area contributed by atoms with Crippen LogP contribution in [0.15, 0.2) is 106 Å². The molecule has 0 bridgehead atoms. The van der Waals surface area contributed by atoms with Crippen LogP contribution in [0.1, 0.15) is 39.3 Å². The third-order valence-corrected chi connectivity index (χ3v) is 13.9. The van der Waals surface area contributed by atoms with Crippen molar-refractivity contribution in [2.75, 3.05) is 73.6 Å². The molecular weight excluding hydrogens is 1010 g/mol. The molecule has 0 atom stereocenters. The number of anilines is 2. The molecule has 2 heterocycles. The number of nitrogens with one attached hydrogen (secondary N) is 1. The van der Waals surface area contributed by atoms with Crippen LogP contribution in [-0.4, -0.2) is 114 Å². The van der Waals surface area contributed by atoms with E-state index in [9.17, 15) is 36.0 Å². The lowest BCUT2D eigenvalue weighted by Crippen LogP contribution is -2.49. The monoisotopic (exact) mass is 1060 g/mol. The molecule has 19 heteroatoms. The number of esters is 2. The van der Waals surface area contributed by atoms with Crippen molar-refractivity contribution in [1.29, 1.82) is 0 Å². The first-order valence-electron chi connectivity index (χ1n) is 18.0. The second kappa shape index (κ2) is 23.6. The molecule has 2 fully saturated rings. The lowest BCUT2D eigenvalue weighted by Gasteiger charge is -2.33. The molecule has 4 aromatic carbocycles. The third kappa shape index (κ3) is 15.6. The second-order valence-electron chi connectivity index (χ2n) is 13.1. The summed E-state index contributed by atoms with van der Waals surface area (Å²) in [6.07, 6.45) is 0. The van der Waals surface area contributed by atoms with Gasteiger partial charge in [-0.15, -0.1) is 0 Å². The number of benzene rings is 4. The van der Waals surface area contributed by atoms with Crippen LogP contribution in [0, 0.1) is 0 Å². The Kier molecular flexibility index (Phi) is 19.7. The number of urea groups is 2. The number of nitrogens with zero attached hydrogens (tertiary/aromatic N) is 3. The molecule has 2 aliphatic rings. The molecule has 0 saturated carbocycles. The van der Waals surface area contributed by atoms with Gasteiger partial charge in [-0.05, 0) is 83.9 Å². The van der Waals surface area contributed by atoms with Gasteiger partial charge in [-0.25, -0.2) is 36.0 Å². The van der Waals surface area contributed by atoms with Gasteiger partial charge in [0.2, 0.25) is 0 Å². The molecule has 60 heavy (non-hydrogen) atoms. The molecule has 2 saturated heterocycles. The van der Waals surface area contributed by atoms with Crippen LogP contribution in [0.5, 0.6) is 0 Å². The number of carbonyl (C=O) groups excluding carboxylic acids is 4. The van der Waals surface area contributed by atoms with Crippen molar-refractivity contribution in [3.8, 4) is 0 Å². The largest absolute Gasteiger partial charge is 0.465 e. The average Bonchev–Trinajstić information content (AvgIpc) is 3.24. The van der Waals surface area contributed by atoms with E-state index in [1.54, 1.807) is 58.3 Å². The zero-order valence-electron chi connectivity index (χ0n) is 32.2. The van der Waals surface area contributed by atoms with Gasteiger partial charge in [0.05, 0.1) is 54.9 Å². The molecule has 6 rings (SSSR count). The summed E-state index contributed by atoms with van der Waals surface area (Å²) < 4.78 is 57.0. The predicted molar refractivity (Wildman–Crippen MR) is 244 cm³/mol. The van der Waals surface area contributed by atoms with Crippen LogP contribution in [0.4, 0.5) is 21.0 Å². The first-order chi connectivity index (χ1) is 28.0. The zero-order chi connectivity index (χ0) is 43.2. The fourth-order valence-electron chi connectivity index (χ4n) is 5.51. The molecular formula is C41H47Br3N4O10S2. The molecule has 1 N–H and O–H groups in total. The minimum Gasteiger partial charge on any atom is -0.465 e. The lowest BCUT2D eigenvalue weighted by molar-refractivity contribution is 0.0592. The number of carbonyl (C=O) groups is 4. The lowest BCUT2D eigenvalue weighted by atomic mass is 10.1. The minimum atomic E-state index is -3.08. The van der Waals surface area contributed by atoms with Crippen molar-refractivity contribution >= 4 is 103 Å². The second-order valence-corrected chi connectivity index (χ2v) is 20.1. The summed E-state index contributed by atoms with van der Waals surface area (Å²) in [5.41, 5.74) is 4.38. The summed E-state index contributed by atoms with van der Waals surface area (Å²) in [6.45, 7) is 1.14. The Morgan fingerprint density at radius 2 is 1.02 bits per heavy atom. The van der Waals surface area contributed by atoms with Gasteiger partial charge in [-0.1, -0.05) is 79.5 Å². The number of hydrogen-bond donors (Lipinski definition) is 1. The SMILES string of the molecule is C.COC(=O)c1ccc(CBr)cc1.COC(=O)c1ccc(CN(C(=O)N2CCS(=O)(=O)CC2)c2ccc(Br)cc2)cc1.O=C(Nc1ccc(Br)cc1)N1CCS(=O)(=O)CC1. The molecule has 0 unspecified atom stereocenters. The van der Waals surface area contributed by atoms with Crippen LogP contribution >= 0.6 is 47.8 Å². The predicted octanol–water partition coefficient (Wildman–Crippen LogP) is 7.81. The van der Waals surface area contributed by atoms with Gasteiger partial charge < -0.3 is 24.6 Å². The molecule has 4 aromatic rings. The van der Waals surface area contributed by atoms with E-state index in [1.807, 2.05) is 48.5 Å². The Morgan fingerprint density at radius 1 is 0.617 bits per heavy atom. The molecule has 2 aliphatic heterocycles. The van der Waals surface area contributed by atoms with Crippen molar-refractivity contribution < 1.29 is 45.5 Å². The van der Waals surface area contributed by atoms with Crippen LogP contribution < -0.4 is 10.2 Å². The third-order valence-electron chi connectivity index (χ3n) is 8.96. The average molecular weight is 1060 g/mol. The number of sulfone groups is 2. The van der Waals surface area contributed by atoms with Gasteiger partial charge in [-0.2, -0.15) is 0 Å². The number of alkyl halides is 1. The molecule has 0 aliphatic carbocycles. The highest BCUT2D eigenvalue weighted by Crippen LogP contribution is 2.23. The summed E-state index contributed by atoms with van der Waals surface area (Å²) in [7, 11) is -3.34. The smallest absolute Gasteiger partial charge is 0.337 e. The van der Waals surface area contributed by atoms with E-state index in [0.717, 1.165) is 25.4 Å². The van der Waals surface area contributed by atoms with Gasteiger partial charge in [0.25, 0.3) is 0 Å². The fraction of sp³-hybridized carbons (Fsp3) is 0.317. The first-order valence-corrected chi connectivity index (χ1v) is 24.3. The van der Waals surface area contributed by atoms with Crippen molar-refractivity contribution in [2.24, 2.45) is 0 Å². The topological polar surface area (TPSA) is 177 Å². The maximum absolute atomic E-state index is 13.2. The number of ether oxygens (including phenoxy) is 2. The summed E-state index contributed by atoms with van der Waals surface area (Å²) in [5.74, 6) is -0.689. The van der Waals surface area contributed by atoms with Gasteiger partial charge >= 0.3 is 24.0 Å². The van der Waals surface area contributed by atoms with E-state index in [1.165, 1.54) is 19.1 Å². The summed E-state index contributed by atoms with van der Waals surface area (Å²) in [4.78, 5) is 52.4. The Morgan fingerprint density at radius 3 is 1.43 bits per heavy atom. The standard InChI is InChI=1S/C20H21BrN2O5S.C11H13BrN2O3S.C9H9BrO2.CH4/c1-28-19(24)16-4-2-15(3-5-16)14-23(18-8-6-17(21)7-9-18)20(25)22-10-12-29(26,27)13-11-22;12-9-1-3-10(4-2-9)13-11(15)14-5-7-18(16,17)8-6-14;1-12-9(11)8-4-2-7(6-10)3-5-8;/h2-9H,10-14H2,1H3;1-4H,5-8H2,(H,13,15);2-5H,6H2,1H3;1H4. The van der Waals surface area contributed by atoms with Crippen LogP contribution in [0.25, 0.3) is 0 Å². The Bertz CT molecular complexity index is 2250. The van der Waals surface area contributed by atoms with E-state index >= 15 is 0 Å². The van der Waals surface area contributed by atoms with Crippen molar-refractivity contribution in [2.45, 2.75) is 19.3 Å². The summed E-state index contributed by atoms with van der Waals surface area (Å²) in [5, 5.41) is 3.54. The van der Waals surface area contributed by atoms with Crippen molar-refractivity contribution in [3.63, 3.8) is 0 Å². The minimum absolute atomic E-state index is 0. The maximum atomic E-state index is 13.2. The molecule has 4 amide bonds. The highest BCUT2D eigenvalue weighted by molar-refractivity contribution is 9.10. The molecule has 324 valence electrons. The van der Waals surface area contributed by atoms with Gasteiger partial charge in [0.15, 0.2) is 19.7 Å². The normalized spacial score (nSPS) is 14.9. The van der Waals surface area contributed by atoms with Crippen LogP contribution in [-0.2, 0) is 41.0 Å². The molecule has 0 radical (unpaired) electrons. The Labute approximate surface area is 376 Å². The highest BCUT2D eigenvalue weighted by Gasteiger charge is 2.29. The van der Waals surface area contributed by atoms with Gasteiger partial charge in [-0.3, -0.25) is 4.90 Å². The van der Waals surface area contributed by atoms with Gasteiger partial charge in [0.1, 0.15) is 0 Å². The zero-order valence-corrected chi connectivity index (χ0v) is 38.6. The molecule has 0 spiro atoms. The van der Waals surface area contributed by atoms with Crippen LogP contribution in [0.3, 0.4) is 0 Å². The van der Waals surface area contributed by atoms with Gasteiger partial charge in [0, 0.05) is 51.8 Å². The van der Waals surface area contributed by atoms with E-state index < -0.39 is 25.6 Å². The van der Waals surface area contributed by atoms with E-state index in [4.69, 9.17) is 4.74 Å².